The van der Waals surface area contributed by atoms with Crippen LogP contribution in [0, 0.1) is 13.8 Å². The van der Waals surface area contributed by atoms with Crippen molar-refractivity contribution in [1.29, 1.82) is 0 Å². The largest absolute Gasteiger partial charge is 0.135 e. The summed E-state index contributed by atoms with van der Waals surface area (Å²) in [5, 5.41) is 0. The third-order valence-corrected chi connectivity index (χ3v) is 6.34. The Labute approximate surface area is 160 Å². The SMILES string of the molecule is CC1=CC=C(c2sc(-c3ccc(C)cc3)cc2-c2ccc(C)cc2)CC1. The average Bonchev–Trinajstić information content (AvgIpc) is 3.09. The summed E-state index contributed by atoms with van der Waals surface area (Å²) >= 11 is 1.93. The summed E-state index contributed by atoms with van der Waals surface area (Å²) in [7, 11) is 0. The zero-order chi connectivity index (χ0) is 18.1. The minimum atomic E-state index is 1.13. The summed E-state index contributed by atoms with van der Waals surface area (Å²) < 4.78 is 0. The molecular formula is C25H24S. The predicted octanol–water partition coefficient (Wildman–Crippen LogP) is 7.82. The quantitative estimate of drug-likeness (QED) is 0.448. The minimum Gasteiger partial charge on any atom is -0.135 e. The third-order valence-electron chi connectivity index (χ3n) is 5.08. The fourth-order valence-corrected chi connectivity index (χ4v) is 4.61. The first-order valence-corrected chi connectivity index (χ1v) is 10.1. The Hall–Kier alpha value is -2.38. The monoisotopic (exact) mass is 356 g/mol. The lowest BCUT2D eigenvalue weighted by Crippen LogP contribution is -1.90. The molecule has 26 heavy (non-hydrogen) atoms. The lowest BCUT2D eigenvalue weighted by atomic mass is 9.94. The second kappa shape index (κ2) is 7.09. The maximum absolute atomic E-state index is 2.38. The maximum Gasteiger partial charge on any atom is 0.0387 e. The van der Waals surface area contributed by atoms with Gasteiger partial charge in [-0.3, -0.25) is 0 Å². The minimum absolute atomic E-state index is 1.13. The zero-order valence-corrected chi connectivity index (χ0v) is 16.5. The van der Waals surface area contributed by atoms with Gasteiger partial charge in [0.2, 0.25) is 0 Å². The van der Waals surface area contributed by atoms with Crippen LogP contribution in [0.5, 0.6) is 0 Å². The maximum atomic E-state index is 2.38. The Kier molecular flexibility index (Phi) is 4.65. The summed E-state index contributed by atoms with van der Waals surface area (Å²) in [6, 6.07) is 20.2. The van der Waals surface area contributed by atoms with E-state index in [1.807, 2.05) is 11.3 Å². The standard InChI is InChI=1S/C25H24S/c1-17-4-10-20(11-5-17)23-16-24(21-12-6-18(2)7-13-21)26-25(23)22-14-8-19(3)9-15-22/h4-8,10-14,16H,9,15H2,1-3H3. The van der Waals surface area contributed by atoms with Crippen molar-refractivity contribution in [3.8, 4) is 21.6 Å². The highest BCUT2D eigenvalue weighted by Crippen LogP contribution is 2.43. The van der Waals surface area contributed by atoms with Crippen molar-refractivity contribution in [2.24, 2.45) is 0 Å². The summed E-state index contributed by atoms with van der Waals surface area (Å²) in [6.07, 6.45) is 6.90. The second-order valence-electron chi connectivity index (χ2n) is 7.29. The van der Waals surface area contributed by atoms with Gasteiger partial charge in [0.1, 0.15) is 0 Å². The van der Waals surface area contributed by atoms with Gasteiger partial charge in [-0.15, -0.1) is 11.3 Å². The molecule has 3 aromatic rings. The highest BCUT2D eigenvalue weighted by molar-refractivity contribution is 7.17. The highest BCUT2D eigenvalue weighted by atomic mass is 32.1. The van der Waals surface area contributed by atoms with Crippen LogP contribution in [0.1, 0.15) is 35.8 Å². The summed E-state index contributed by atoms with van der Waals surface area (Å²) in [5.41, 5.74) is 9.54. The molecular weight excluding hydrogens is 332 g/mol. The van der Waals surface area contributed by atoms with Crippen LogP contribution in [0.2, 0.25) is 0 Å². The van der Waals surface area contributed by atoms with Gasteiger partial charge in [0.25, 0.3) is 0 Å². The molecule has 1 aliphatic carbocycles. The molecule has 0 amide bonds. The Bertz CT molecular complexity index is 980. The van der Waals surface area contributed by atoms with Gasteiger partial charge in [0, 0.05) is 15.3 Å². The lowest BCUT2D eigenvalue weighted by Gasteiger charge is -2.13. The van der Waals surface area contributed by atoms with Gasteiger partial charge in [-0.05, 0) is 56.4 Å². The molecule has 1 aromatic heterocycles. The molecule has 0 N–H and O–H groups in total. The van der Waals surface area contributed by atoms with Crippen LogP contribution in [0.25, 0.3) is 27.1 Å². The molecule has 4 rings (SSSR count). The number of hydrogen-bond acceptors (Lipinski definition) is 1. The highest BCUT2D eigenvalue weighted by Gasteiger charge is 2.17. The average molecular weight is 357 g/mol. The summed E-state index contributed by atoms with van der Waals surface area (Å²) in [6.45, 7) is 6.51. The molecule has 130 valence electrons. The molecule has 1 heterocycles. The van der Waals surface area contributed by atoms with Gasteiger partial charge < -0.3 is 0 Å². The molecule has 0 saturated heterocycles. The summed E-state index contributed by atoms with van der Waals surface area (Å²) in [4.78, 5) is 2.77. The Morgan fingerprint density at radius 2 is 1.31 bits per heavy atom. The predicted molar refractivity (Wildman–Crippen MR) is 116 cm³/mol. The van der Waals surface area contributed by atoms with E-state index in [0.717, 1.165) is 12.8 Å². The van der Waals surface area contributed by atoms with Crippen molar-refractivity contribution < 1.29 is 0 Å². The first-order chi connectivity index (χ1) is 12.6. The van der Waals surface area contributed by atoms with Crippen LogP contribution in [0.15, 0.2) is 72.3 Å². The molecule has 2 aromatic carbocycles. The van der Waals surface area contributed by atoms with E-state index in [-0.39, 0.29) is 0 Å². The van der Waals surface area contributed by atoms with Crippen molar-refractivity contribution in [1.82, 2.24) is 0 Å². The molecule has 1 aliphatic rings. The smallest absolute Gasteiger partial charge is 0.0387 e. The number of allylic oxidation sites excluding steroid dienone is 4. The fraction of sp³-hybridized carbons (Fsp3) is 0.200. The molecule has 1 heteroatoms. The van der Waals surface area contributed by atoms with E-state index in [4.69, 9.17) is 0 Å². The molecule has 0 nitrogen and oxygen atoms in total. The third kappa shape index (κ3) is 3.45. The van der Waals surface area contributed by atoms with Crippen LogP contribution in [-0.4, -0.2) is 0 Å². The molecule has 0 saturated carbocycles. The van der Waals surface area contributed by atoms with E-state index in [9.17, 15) is 0 Å². The summed E-state index contributed by atoms with van der Waals surface area (Å²) in [5.74, 6) is 0. The molecule has 0 radical (unpaired) electrons. The van der Waals surface area contributed by atoms with Crippen LogP contribution < -0.4 is 0 Å². The zero-order valence-electron chi connectivity index (χ0n) is 15.7. The van der Waals surface area contributed by atoms with Crippen LogP contribution >= 0.6 is 11.3 Å². The fourth-order valence-electron chi connectivity index (χ4n) is 3.37. The number of thiophene rings is 1. The second-order valence-corrected chi connectivity index (χ2v) is 8.34. The van der Waals surface area contributed by atoms with Crippen LogP contribution in [0.3, 0.4) is 0 Å². The van der Waals surface area contributed by atoms with E-state index >= 15 is 0 Å². The molecule has 0 atom stereocenters. The van der Waals surface area contributed by atoms with Gasteiger partial charge >= 0.3 is 0 Å². The Morgan fingerprint density at radius 3 is 1.88 bits per heavy atom. The Balaban J connectivity index is 1.85. The van der Waals surface area contributed by atoms with Gasteiger partial charge in [0.05, 0.1) is 0 Å². The molecule has 0 spiro atoms. The number of hydrogen-bond donors (Lipinski definition) is 0. The topological polar surface area (TPSA) is 0 Å². The van der Waals surface area contributed by atoms with E-state index < -0.39 is 0 Å². The van der Waals surface area contributed by atoms with Gasteiger partial charge in [-0.1, -0.05) is 77.4 Å². The molecule has 0 bridgehead atoms. The van der Waals surface area contributed by atoms with Crippen molar-refractivity contribution in [2.45, 2.75) is 33.6 Å². The van der Waals surface area contributed by atoms with Crippen molar-refractivity contribution in [2.75, 3.05) is 0 Å². The van der Waals surface area contributed by atoms with Crippen LogP contribution in [-0.2, 0) is 0 Å². The van der Waals surface area contributed by atoms with E-state index in [1.165, 1.54) is 48.7 Å². The first kappa shape index (κ1) is 17.1. The van der Waals surface area contributed by atoms with Gasteiger partial charge in [-0.25, -0.2) is 0 Å². The molecule has 0 unspecified atom stereocenters. The molecule has 0 aliphatic heterocycles. The number of rotatable bonds is 3. The van der Waals surface area contributed by atoms with Gasteiger partial charge in [-0.2, -0.15) is 0 Å². The lowest BCUT2D eigenvalue weighted by molar-refractivity contribution is 0.980. The normalized spacial score (nSPS) is 14.1. The Morgan fingerprint density at radius 1 is 0.692 bits per heavy atom. The molecule has 0 fully saturated rings. The first-order valence-electron chi connectivity index (χ1n) is 9.25. The van der Waals surface area contributed by atoms with Crippen LogP contribution in [0.4, 0.5) is 0 Å². The van der Waals surface area contributed by atoms with E-state index in [2.05, 4.69) is 87.5 Å². The van der Waals surface area contributed by atoms with Gasteiger partial charge in [0.15, 0.2) is 0 Å². The van der Waals surface area contributed by atoms with Crippen molar-refractivity contribution in [3.05, 3.63) is 88.3 Å². The van der Waals surface area contributed by atoms with E-state index in [1.54, 1.807) is 0 Å². The van der Waals surface area contributed by atoms with Crippen molar-refractivity contribution >= 4 is 16.9 Å². The number of benzene rings is 2. The van der Waals surface area contributed by atoms with Crippen molar-refractivity contribution in [3.63, 3.8) is 0 Å². The number of aryl methyl sites for hydroxylation is 2. The van der Waals surface area contributed by atoms with E-state index in [0.29, 0.717) is 0 Å².